The van der Waals surface area contributed by atoms with Crippen LogP contribution in [0.3, 0.4) is 0 Å². The van der Waals surface area contributed by atoms with Gasteiger partial charge in [0.25, 0.3) is 0 Å². The van der Waals surface area contributed by atoms with E-state index in [1.165, 1.54) is 17.8 Å². The molecule has 3 rings (SSSR count). The van der Waals surface area contributed by atoms with E-state index in [0.29, 0.717) is 31.8 Å². The third-order valence-corrected chi connectivity index (χ3v) is 7.50. The Kier molecular flexibility index (Phi) is 15.4. The molecule has 0 atom stereocenters. The van der Waals surface area contributed by atoms with Crippen molar-refractivity contribution >= 4 is 28.8 Å². The van der Waals surface area contributed by atoms with Gasteiger partial charge < -0.3 is 18.9 Å². The second kappa shape index (κ2) is 19.8. The maximum atomic E-state index is 12.8. The number of esters is 2. The number of carbonyl (C=O) groups is 3. The van der Waals surface area contributed by atoms with Crippen LogP contribution in [-0.2, 0) is 19.1 Å². The van der Waals surface area contributed by atoms with Crippen LogP contribution in [0.1, 0.15) is 61.7 Å². The Labute approximate surface area is 264 Å². The van der Waals surface area contributed by atoms with Gasteiger partial charge >= 0.3 is 11.9 Å². The predicted molar refractivity (Wildman–Crippen MR) is 174 cm³/mol. The van der Waals surface area contributed by atoms with Gasteiger partial charge in [-0.15, -0.1) is 0 Å². The average Bonchev–Trinajstić information content (AvgIpc) is 3.05. The Balaban J connectivity index is 1.34. The molecule has 0 unspecified atom stereocenters. The number of hydrogen-bond donors (Lipinski definition) is 0. The van der Waals surface area contributed by atoms with Gasteiger partial charge in [0.15, 0.2) is 0 Å². The fourth-order valence-corrected chi connectivity index (χ4v) is 4.92. The highest BCUT2D eigenvalue weighted by Crippen LogP contribution is 2.28. The molecule has 7 nitrogen and oxygen atoms in total. The van der Waals surface area contributed by atoms with E-state index in [0.717, 1.165) is 78.7 Å². The molecule has 0 aromatic heterocycles. The van der Waals surface area contributed by atoms with Crippen LogP contribution in [0.4, 0.5) is 0 Å². The first-order valence-electron chi connectivity index (χ1n) is 14.9. The second-order valence-corrected chi connectivity index (χ2v) is 11.0. The molecule has 0 radical (unpaired) electrons. The van der Waals surface area contributed by atoms with Crippen LogP contribution < -0.4 is 9.47 Å². The summed E-state index contributed by atoms with van der Waals surface area (Å²) in [5.74, 6) is 0.921. The van der Waals surface area contributed by atoms with Crippen LogP contribution in [0.15, 0.2) is 103 Å². The molecule has 8 heteroatoms. The molecular weight excluding hydrogens is 576 g/mol. The third kappa shape index (κ3) is 12.9. The van der Waals surface area contributed by atoms with Crippen molar-refractivity contribution in [2.24, 2.45) is 0 Å². The Hall–Kier alpha value is -4.30. The van der Waals surface area contributed by atoms with E-state index in [-0.39, 0.29) is 17.1 Å². The molecule has 3 aromatic rings. The van der Waals surface area contributed by atoms with Gasteiger partial charge in [0, 0.05) is 23.0 Å². The summed E-state index contributed by atoms with van der Waals surface area (Å²) >= 11 is 1.19. The van der Waals surface area contributed by atoms with Crippen molar-refractivity contribution in [2.75, 3.05) is 19.8 Å². The number of benzene rings is 3. The van der Waals surface area contributed by atoms with E-state index in [2.05, 4.69) is 13.2 Å². The van der Waals surface area contributed by atoms with Crippen LogP contribution in [0.5, 0.6) is 11.5 Å². The van der Waals surface area contributed by atoms with E-state index < -0.39 is 0 Å². The average molecular weight is 617 g/mol. The molecule has 0 aliphatic heterocycles. The minimum atomic E-state index is -0.383. The third-order valence-electron chi connectivity index (χ3n) is 6.57. The summed E-state index contributed by atoms with van der Waals surface area (Å²) in [6.45, 7) is 8.35. The maximum absolute atomic E-state index is 12.8. The number of thioether (sulfide) groups is 1. The van der Waals surface area contributed by atoms with Gasteiger partial charge in [-0.2, -0.15) is 0 Å². The van der Waals surface area contributed by atoms with Crippen molar-refractivity contribution in [1.82, 2.24) is 0 Å². The number of carbonyl (C=O) groups excluding carboxylic acids is 3. The summed E-state index contributed by atoms with van der Waals surface area (Å²) in [5, 5.41) is -0.0228. The van der Waals surface area contributed by atoms with Crippen molar-refractivity contribution in [3.8, 4) is 22.6 Å². The first-order valence-corrected chi connectivity index (χ1v) is 15.7. The van der Waals surface area contributed by atoms with Crippen LogP contribution >= 0.6 is 11.8 Å². The molecule has 0 saturated heterocycles. The first kappa shape index (κ1) is 34.2. The van der Waals surface area contributed by atoms with Crippen LogP contribution in [0.2, 0.25) is 0 Å². The molecule has 0 N–H and O–H groups in total. The van der Waals surface area contributed by atoms with Crippen molar-refractivity contribution < 1.29 is 33.3 Å². The van der Waals surface area contributed by atoms with Gasteiger partial charge in [-0.05, 0) is 116 Å². The van der Waals surface area contributed by atoms with Gasteiger partial charge in [-0.25, -0.2) is 4.79 Å². The molecule has 0 fully saturated rings. The first-order chi connectivity index (χ1) is 21.5. The Morgan fingerprint density at radius 2 is 1.16 bits per heavy atom. The molecule has 0 aliphatic carbocycles. The quantitative estimate of drug-likeness (QED) is 0.0410. The molecular formula is C36H40O7S. The summed E-state index contributed by atoms with van der Waals surface area (Å²) < 4.78 is 21.3. The fourth-order valence-electron chi connectivity index (χ4n) is 4.18. The summed E-state index contributed by atoms with van der Waals surface area (Å²) in [7, 11) is 0. The largest absolute Gasteiger partial charge is 0.494 e. The van der Waals surface area contributed by atoms with E-state index in [4.69, 9.17) is 18.9 Å². The second-order valence-electron chi connectivity index (χ2n) is 9.91. The van der Waals surface area contributed by atoms with Crippen molar-refractivity contribution in [2.45, 2.75) is 56.3 Å². The lowest BCUT2D eigenvalue weighted by molar-refractivity contribution is -0.138. The topological polar surface area (TPSA) is 88.1 Å². The molecule has 232 valence electrons. The minimum Gasteiger partial charge on any atom is -0.494 e. The smallest absolute Gasteiger partial charge is 0.330 e. The van der Waals surface area contributed by atoms with Gasteiger partial charge in [0.2, 0.25) is 5.12 Å². The van der Waals surface area contributed by atoms with E-state index in [1.54, 1.807) is 0 Å². The molecule has 0 saturated carbocycles. The highest BCUT2D eigenvalue weighted by atomic mass is 32.2. The van der Waals surface area contributed by atoms with Gasteiger partial charge in [-0.1, -0.05) is 37.4 Å². The van der Waals surface area contributed by atoms with Crippen molar-refractivity contribution in [3.05, 3.63) is 104 Å². The number of ether oxygens (including phenoxy) is 4. The molecule has 44 heavy (non-hydrogen) atoms. The van der Waals surface area contributed by atoms with Crippen molar-refractivity contribution in [1.29, 1.82) is 0 Å². The summed E-state index contributed by atoms with van der Waals surface area (Å²) in [5.41, 5.74) is 2.69. The van der Waals surface area contributed by atoms with Gasteiger partial charge in [0.05, 0.1) is 26.1 Å². The summed E-state index contributed by atoms with van der Waals surface area (Å²) in [6, 6.07) is 23.0. The molecule has 0 aliphatic rings. The van der Waals surface area contributed by atoms with E-state index >= 15 is 0 Å². The van der Waals surface area contributed by atoms with Gasteiger partial charge in [-0.3, -0.25) is 9.59 Å². The standard InChI is InChI=1S/C36H40O7S/c1-3-34(37)43-27-10-6-5-9-25-42-32-21-23-33(24-22-32)44-36(39)30-15-13-28(14-16-30)29-17-19-31(20-18-29)41-26-11-7-8-12-35(38)40-4-2/h3-4,13-24H,1-2,5-12,25-27H2. The Bertz CT molecular complexity index is 1330. The summed E-state index contributed by atoms with van der Waals surface area (Å²) in [6.07, 6.45) is 8.91. The highest BCUT2D eigenvalue weighted by Gasteiger charge is 2.09. The lowest BCUT2D eigenvalue weighted by Crippen LogP contribution is -2.02. The molecule has 0 heterocycles. The SMILES string of the molecule is C=COC(=O)CCCCCOc1ccc(-c2ccc(C(=O)Sc3ccc(OCCCCCCOC(=O)C=C)cc3)cc2)cc1. The zero-order valence-corrected chi connectivity index (χ0v) is 25.9. The zero-order valence-electron chi connectivity index (χ0n) is 25.0. The maximum Gasteiger partial charge on any atom is 0.330 e. The monoisotopic (exact) mass is 616 g/mol. The van der Waals surface area contributed by atoms with Crippen molar-refractivity contribution in [3.63, 3.8) is 0 Å². The molecule has 0 bridgehead atoms. The fraction of sp³-hybridized carbons (Fsp3) is 0.306. The zero-order chi connectivity index (χ0) is 31.4. The van der Waals surface area contributed by atoms with Crippen LogP contribution in [0, 0.1) is 0 Å². The lowest BCUT2D eigenvalue weighted by Gasteiger charge is -2.08. The predicted octanol–water partition coefficient (Wildman–Crippen LogP) is 8.58. The van der Waals surface area contributed by atoms with E-state index in [1.807, 2.05) is 72.8 Å². The molecule has 0 spiro atoms. The normalized spacial score (nSPS) is 10.5. The van der Waals surface area contributed by atoms with Crippen LogP contribution in [-0.4, -0.2) is 36.9 Å². The Morgan fingerprint density at radius 1 is 0.636 bits per heavy atom. The Morgan fingerprint density at radius 3 is 1.73 bits per heavy atom. The number of unbranched alkanes of at least 4 members (excludes halogenated alkanes) is 5. The number of rotatable bonds is 20. The summed E-state index contributed by atoms with van der Waals surface area (Å²) in [4.78, 5) is 36.0. The highest BCUT2D eigenvalue weighted by molar-refractivity contribution is 8.14. The molecule has 3 aromatic carbocycles. The minimum absolute atomic E-state index is 0.0228. The van der Waals surface area contributed by atoms with Gasteiger partial charge in [0.1, 0.15) is 11.5 Å². The lowest BCUT2D eigenvalue weighted by atomic mass is 10.0. The van der Waals surface area contributed by atoms with E-state index in [9.17, 15) is 14.4 Å². The number of hydrogen-bond acceptors (Lipinski definition) is 8. The van der Waals surface area contributed by atoms with Crippen LogP contribution in [0.25, 0.3) is 11.1 Å². The molecule has 0 amide bonds.